The molecular formula is C14H21N3O2. The van der Waals surface area contributed by atoms with E-state index in [4.69, 9.17) is 10.6 Å². The number of rotatable bonds is 3. The standard InChI is InChI=1S/C14H21N3O2/c1-11-9-17(6-3-7-19-11)10-12-4-2-5-13(8-12)14(18)16-15/h2,4-5,8,11H,3,6-7,9-10,15H2,1H3,(H,16,18). The van der Waals surface area contributed by atoms with Gasteiger partial charge in [0.1, 0.15) is 0 Å². The quantitative estimate of drug-likeness (QED) is 0.483. The van der Waals surface area contributed by atoms with Crippen LogP contribution in [0.2, 0.25) is 0 Å². The molecule has 1 aromatic carbocycles. The first kappa shape index (κ1) is 14.0. The Kier molecular flexibility index (Phi) is 4.90. The van der Waals surface area contributed by atoms with Crippen LogP contribution in [0.3, 0.4) is 0 Å². The maximum absolute atomic E-state index is 11.5. The summed E-state index contributed by atoms with van der Waals surface area (Å²) in [6.07, 6.45) is 1.31. The summed E-state index contributed by atoms with van der Waals surface area (Å²) in [5.74, 6) is 4.90. The van der Waals surface area contributed by atoms with Crippen LogP contribution in [0, 0.1) is 0 Å². The summed E-state index contributed by atoms with van der Waals surface area (Å²) in [4.78, 5) is 13.9. The van der Waals surface area contributed by atoms with Crippen LogP contribution in [0.25, 0.3) is 0 Å². The van der Waals surface area contributed by atoms with Crippen molar-refractivity contribution in [2.24, 2.45) is 5.84 Å². The van der Waals surface area contributed by atoms with Gasteiger partial charge < -0.3 is 4.74 Å². The molecule has 1 saturated heterocycles. The third kappa shape index (κ3) is 4.02. The van der Waals surface area contributed by atoms with Crippen molar-refractivity contribution in [3.8, 4) is 0 Å². The SMILES string of the molecule is CC1CN(Cc2cccc(C(=O)NN)c2)CCCO1. The van der Waals surface area contributed by atoms with Gasteiger partial charge in [0, 0.05) is 31.8 Å². The van der Waals surface area contributed by atoms with Crippen molar-refractivity contribution >= 4 is 5.91 Å². The largest absolute Gasteiger partial charge is 0.377 e. The first-order valence-corrected chi connectivity index (χ1v) is 6.63. The van der Waals surface area contributed by atoms with Crippen molar-refractivity contribution in [3.63, 3.8) is 0 Å². The van der Waals surface area contributed by atoms with Gasteiger partial charge in [0.05, 0.1) is 6.10 Å². The number of nitrogen functional groups attached to an aromatic ring is 1. The highest BCUT2D eigenvalue weighted by atomic mass is 16.5. The molecule has 0 bridgehead atoms. The van der Waals surface area contributed by atoms with Gasteiger partial charge >= 0.3 is 0 Å². The van der Waals surface area contributed by atoms with Crippen molar-refractivity contribution in [1.29, 1.82) is 0 Å². The zero-order chi connectivity index (χ0) is 13.7. The van der Waals surface area contributed by atoms with Gasteiger partial charge in [-0.15, -0.1) is 0 Å². The Morgan fingerprint density at radius 3 is 3.21 bits per heavy atom. The number of nitrogens with zero attached hydrogens (tertiary/aromatic N) is 1. The van der Waals surface area contributed by atoms with Crippen LogP contribution in [-0.4, -0.2) is 36.6 Å². The van der Waals surface area contributed by atoms with Gasteiger partial charge in [-0.25, -0.2) is 5.84 Å². The predicted octanol–water partition coefficient (Wildman–Crippen LogP) is 0.901. The number of carbonyl (C=O) groups is 1. The fourth-order valence-corrected chi connectivity index (χ4v) is 2.38. The number of benzene rings is 1. The predicted molar refractivity (Wildman–Crippen MR) is 73.4 cm³/mol. The fourth-order valence-electron chi connectivity index (χ4n) is 2.38. The van der Waals surface area contributed by atoms with E-state index in [1.807, 2.05) is 18.2 Å². The van der Waals surface area contributed by atoms with Crippen LogP contribution >= 0.6 is 0 Å². The van der Waals surface area contributed by atoms with E-state index in [2.05, 4.69) is 17.2 Å². The number of carbonyl (C=O) groups excluding carboxylic acids is 1. The molecule has 0 saturated carbocycles. The molecule has 1 atom stereocenters. The first-order valence-electron chi connectivity index (χ1n) is 6.63. The van der Waals surface area contributed by atoms with E-state index in [1.165, 1.54) is 0 Å². The van der Waals surface area contributed by atoms with Gasteiger partial charge in [-0.1, -0.05) is 12.1 Å². The van der Waals surface area contributed by atoms with Gasteiger partial charge in [-0.2, -0.15) is 0 Å². The van der Waals surface area contributed by atoms with Crippen LogP contribution in [-0.2, 0) is 11.3 Å². The lowest BCUT2D eigenvalue weighted by molar-refractivity contribution is 0.0668. The van der Waals surface area contributed by atoms with Crippen LogP contribution in [0.1, 0.15) is 29.3 Å². The molecule has 1 aliphatic heterocycles. The molecule has 104 valence electrons. The molecule has 0 aliphatic carbocycles. The highest BCUT2D eigenvalue weighted by Gasteiger charge is 2.15. The summed E-state index contributed by atoms with van der Waals surface area (Å²) in [6.45, 7) is 5.70. The second-order valence-corrected chi connectivity index (χ2v) is 4.94. The average Bonchev–Trinajstić information content (AvgIpc) is 2.62. The fraction of sp³-hybridized carbons (Fsp3) is 0.500. The monoisotopic (exact) mass is 263 g/mol. The van der Waals surface area contributed by atoms with E-state index in [-0.39, 0.29) is 12.0 Å². The number of ether oxygens (including phenoxy) is 1. The minimum atomic E-state index is -0.255. The van der Waals surface area contributed by atoms with E-state index < -0.39 is 0 Å². The molecule has 1 unspecified atom stereocenters. The van der Waals surface area contributed by atoms with E-state index in [0.717, 1.165) is 38.2 Å². The molecule has 1 aliphatic rings. The molecule has 1 heterocycles. The van der Waals surface area contributed by atoms with Crippen molar-refractivity contribution in [1.82, 2.24) is 10.3 Å². The maximum atomic E-state index is 11.5. The topological polar surface area (TPSA) is 67.6 Å². The Hall–Kier alpha value is -1.43. The summed E-state index contributed by atoms with van der Waals surface area (Å²) >= 11 is 0. The van der Waals surface area contributed by atoms with Crippen LogP contribution in [0.5, 0.6) is 0 Å². The van der Waals surface area contributed by atoms with Crippen LogP contribution in [0.15, 0.2) is 24.3 Å². The lowest BCUT2D eigenvalue weighted by Gasteiger charge is -2.21. The van der Waals surface area contributed by atoms with Gasteiger partial charge in [-0.05, 0) is 31.0 Å². The maximum Gasteiger partial charge on any atom is 0.265 e. The van der Waals surface area contributed by atoms with Crippen LogP contribution in [0.4, 0.5) is 0 Å². The summed E-state index contributed by atoms with van der Waals surface area (Å²) in [6, 6.07) is 7.57. The number of amides is 1. The van der Waals surface area contributed by atoms with E-state index in [1.54, 1.807) is 6.07 Å². The lowest BCUT2D eigenvalue weighted by Crippen LogP contribution is -2.31. The Bertz CT molecular complexity index is 436. The molecule has 0 aromatic heterocycles. The van der Waals surface area contributed by atoms with Crippen molar-refractivity contribution in [3.05, 3.63) is 35.4 Å². The molecule has 1 amide bonds. The molecule has 3 N–H and O–H groups in total. The molecule has 0 spiro atoms. The third-order valence-corrected chi connectivity index (χ3v) is 3.26. The number of nitrogens with one attached hydrogen (secondary N) is 1. The molecule has 1 fully saturated rings. The van der Waals surface area contributed by atoms with Gasteiger partial charge in [-0.3, -0.25) is 15.1 Å². The van der Waals surface area contributed by atoms with E-state index in [9.17, 15) is 4.79 Å². The molecule has 1 aromatic rings. The summed E-state index contributed by atoms with van der Waals surface area (Å²) in [5, 5.41) is 0. The first-order chi connectivity index (χ1) is 9.19. The number of hydrogen-bond donors (Lipinski definition) is 2. The normalized spacial score (nSPS) is 20.8. The highest BCUT2D eigenvalue weighted by molar-refractivity contribution is 5.93. The summed E-state index contributed by atoms with van der Waals surface area (Å²) in [5.41, 5.74) is 3.87. The number of nitrogens with two attached hydrogens (primary N) is 1. The Morgan fingerprint density at radius 1 is 1.58 bits per heavy atom. The zero-order valence-electron chi connectivity index (χ0n) is 11.3. The Balaban J connectivity index is 2.03. The second-order valence-electron chi connectivity index (χ2n) is 4.94. The third-order valence-electron chi connectivity index (χ3n) is 3.26. The Morgan fingerprint density at radius 2 is 2.42 bits per heavy atom. The number of hydrazine groups is 1. The molecule has 2 rings (SSSR count). The molecular weight excluding hydrogens is 242 g/mol. The summed E-state index contributed by atoms with van der Waals surface area (Å²) in [7, 11) is 0. The minimum Gasteiger partial charge on any atom is -0.377 e. The van der Waals surface area contributed by atoms with Gasteiger partial charge in [0.25, 0.3) is 5.91 Å². The Labute approximate surface area is 113 Å². The molecule has 5 nitrogen and oxygen atoms in total. The smallest absolute Gasteiger partial charge is 0.265 e. The van der Waals surface area contributed by atoms with Crippen molar-refractivity contribution in [2.45, 2.75) is 26.0 Å². The van der Waals surface area contributed by atoms with Crippen LogP contribution < -0.4 is 11.3 Å². The van der Waals surface area contributed by atoms with Gasteiger partial charge in [0.2, 0.25) is 0 Å². The van der Waals surface area contributed by atoms with Crippen molar-refractivity contribution in [2.75, 3.05) is 19.7 Å². The van der Waals surface area contributed by atoms with E-state index in [0.29, 0.717) is 5.56 Å². The molecule has 0 radical (unpaired) electrons. The minimum absolute atomic E-state index is 0.255. The van der Waals surface area contributed by atoms with E-state index >= 15 is 0 Å². The summed E-state index contributed by atoms with van der Waals surface area (Å²) < 4.78 is 5.63. The van der Waals surface area contributed by atoms with Gasteiger partial charge in [0.15, 0.2) is 0 Å². The van der Waals surface area contributed by atoms with Crippen molar-refractivity contribution < 1.29 is 9.53 Å². The average molecular weight is 263 g/mol. The number of hydrogen-bond acceptors (Lipinski definition) is 4. The molecule has 5 heteroatoms. The molecule has 19 heavy (non-hydrogen) atoms. The lowest BCUT2D eigenvalue weighted by atomic mass is 10.1. The second kappa shape index (κ2) is 6.65. The zero-order valence-corrected chi connectivity index (χ0v) is 11.3. The highest BCUT2D eigenvalue weighted by Crippen LogP contribution is 2.12.